The number of dihydropyridines is 1. The van der Waals surface area contributed by atoms with Crippen molar-refractivity contribution in [3.05, 3.63) is 47.3 Å². The summed E-state index contributed by atoms with van der Waals surface area (Å²) in [5, 5.41) is 3.37. The second-order valence-corrected chi connectivity index (χ2v) is 3.80. The van der Waals surface area contributed by atoms with Crippen molar-refractivity contribution >= 4 is 0 Å². The Hall–Kier alpha value is -1.24. The van der Waals surface area contributed by atoms with Crippen LogP contribution in [0.3, 0.4) is 0 Å². The lowest BCUT2D eigenvalue weighted by Gasteiger charge is -2.20. The minimum Gasteiger partial charge on any atom is -0.359 e. The van der Waals surface area contributed by atoms with Crippen LogP contribution < -0.4 is 5.32 Å². The molecule has 1 heteroatoms. The van der Waals surface area contributed by atoms with Crippen molar-refractivity contribution in [3.63, 3.8) is 0 Å². The van der Waals surface area contributed by atoms with Gasteiger partial charge < -0.3 is 5.32 Å². The Morgan fingerprint density at radius 1 is 1.33 bits per heavy atom. The van der Waals surface area contributed by atoms with Gasteiger partial charge in [-0.1, -0.05) is 27.0 Å². The fourth-order valence-electron chi connectivity index (χ4n) is 1.96. The van der Waals surface area contributed by atoms with Gasteiger partial charge in [0, 0.05) is 11.4 Å². The summed E-state index contributed by atoms with van der Waals surface area (Å²) in [7, 11) is 0. The third-order valence-corrected chi connectivity index (χ3v) is 2.67. The van der Waals surface area contributed by atoms with Crippen LogP contribution in [-0.4, -0.2) is 0 Å². The molecule has 0 aromatic heterocycles. The first-order valence-electron chi connectivity index (χ1n) is 5.74. The molecule has 0 saturated heterocycles. The smallest absolute Gasteiger partial charge is 0.0385 e. The fourth-order valence-corrected chi connectivity index (χ4v) is 1.96. The molecule has 0 radical (unpaired) electrons. The van der Waals surface area contributed by atoms with Gasteiger partial charge in [-0.3, -0.25) is 0 Å². The highest BCUT2D eigenvalue weighted by Gasteiger charge is 2.19. The summed E-state index contributed by atoms with van der Waals surface area (Å²) in [5.74, 6) is 0. The summed E-state index contributed by atoms with van der Waals surface area (Å²) in [4.78, 5) is 0. The molecule has 0 atom stereocenters. The minimum atomic E-state index is 1.01. The van der Waals surface area contributed by atoms with E-state index in [-0.39, 0.29) is 0 Å². The maximum Gasteiger partial charge on any atom is 0.0385 e. The Morgan fingerprint density at radius 3 is 2.60 bits per heavy atom. The predicted molar refractivity (Wildman–Crippen MR) is 67.4 cm³/mol. The van der Waals surface area contributed by atoms with Crippen molar-refractivity contribution in [2.45, 2.75) is 40.0 Å². The van der Waals surface area contributed by atoms with Crippen LogP contribution in [0.15, 0.2) is 47.3 Å². The topological polar surface area (TPSA) is 12.0 Å². The maximum atomic E-state index is 4.00. The monoisotopic (exact) mass is 203 g/mol. The van der Waals surface area contributed by atoms with E-state index < -0.39 is 0 Å². The number of hydrogen-bond donors (Lipinski definition) is 1. The lowest BCUT2D eigenvalue weighted by molar-refractivity contribution is 0.851. The minimum absolute atomic E-state index is 1.01. The molecule has 0 unspecified atom stereocenters. The second kappa shape index (κ2) is 5.01. The number of rotatable bonds is 1. The summed E-state index contributed by atoms with van der Waals surface area (Å²) in [6.07, 6.45) is 5.88. The maximum absolute atomic E-state index is 4.00. The Bertz CT molecular complexity index is 342. The summed E-state index contributed by atoms with van der Waals surface area (Å²) in [6.45, 7) is 14.0. The molecule has 0 aromatic carbocycles. The van der Waals surface area contributed by atoms with Gasteiger partial charge in [-0.15, -0.1) is 0 Å². The molecule has 1 nitrogen and oxygen atoms in total. The van der Waals surface area contributed by atoms with E-state index in [1.165, 1.54) is 36.1 Å². The lowest BCUT2D eigenvalue weighted by atomic mass is 9.99. The van der Waals surface area contributed by atoms with E-state index in [0.29, 0.717) is 0 Å². The molecule has 1 heterocycles. The zero-order valence-corrected chi connectivity index (χ0v) is 10.1. The van der Waals surface area contributed by atoms with Gasteiger partial charge in [0.2, 0.25) is 0 Å². The van der Waals surface area contributed by atoms with Crippen LogP contribution in [0.4, 0.5) is 0 Å². The predicted octanol–water partition coefficient (Wildman–Crippen LogP) is 4.07. The standard InChI is InChI=1S/C12H15N.C2H6/c1-8(2)11-7-10-5-4-6-12(10)13-9(11)3;1-2/h7,13H,1,3-6H2,2H3;1-2H3. The van der Waals surface area contributed by atoms with Gasteiger partial charge in [0.1, 0.15) is 0 Å². The fraction of sp³-hybridized carbons (Fsp3) is 0.429. The van der Waals surface area contributed by atoms with Crippen LogP contribution in [0.5, 0.6) is 0 Å². The van der Waals surface area contributed by atoms with Gasteiger partial charge in [-0.2, -0.15) is 0 Å². The first-order chi connectivity index (χ1) is 7.18. The van der Waals surface area contributed by atoms with E-state index in [2.05, 4.69) is 24.6 Å². The molecular formula is C14H21N. The van der Waals surface area contributed by atoms with Crippen molar-refractivity contribution in [1.82, 2.24) is 5.32 Å². The molecule has 0 amide bonds. The molecular weight excluding hydrogens is 182 g/mol. The molecule has 0 saturated carbocycles. The van der Waals surface area contributed by atoms with Crippen molar-refractivity contribution < 1.29 is 0 Å². The molecule has 1 N–H and O–H groups in total. The summed E-state index contributed by atoms with van der Waals surface area (Å²) >= 11 is 0. The lowest BCUT2D eigenvalue weighted by Crippen LogP contribution is -2.17. The zero-order chi connectivity index (χ0) is 11.4. The SMILES string of the molecule is C=C(C)C1=CC2=C(CCC2)NC1=C.CC. The molecule has 1 aliphatic carbocycles. The molecule has 0 aromatic rings. The van der Waals surface area contributed by atoms with Crippen LogP contribution >= 0.6 is 0 Å². The van der Waals surface area contributed by atoms with Gasteiger partial charge in [-0.05, 0) is 49.0 Å². The van der Waals surface area contributed by atoms with E-state index in [9.17, 15) is 0 Å². The zero-order valence-electron chi connectivity index (χ0n) is 10.1. The molecule has 0 fully saturated rings. The summed E-state index contributed by atoms with van der Waals surface area (Å²) in [6, 6.07) is 0. The second-order valence-electron chi connectivity index (χ2n) is 3.80. The molecule has 82 valence electrons. The van der Waals surface area contributed by atoms with Crippen LogP contribution in [0, 0.1) is 0 Å². The van der Waals surface area contributed by atoms with Crippen LogP contribution in [0.2, 0.25) is 0 Å². The Balaban J connectivity index is 0.000000531. The van der Waals surface area contributed by atoms with Crippen molar-refractivity contribution in [2.24, 2.45) is 0 Å². The van der Waals surface area contributed by atoms with Crippen LogP contribution in [0.25, 0.3) is 0 Å². The van der Waals surface area contributed by atoms with E-state index >= 15 is 0 Å². The highest BCUT2D eigenvalue weighted by atomic mass is 14.9. The average Bonchev–Trinajstić information content (AvgIpc) is 2.66. The van der Waals surface area contributed by atoms with Crippen LogP contribution in [0.1, 0.15) is 40.0 Å². The number of nitrogens with one attached hydrogen (secondary N) is 1. The first kappa shape index (κ1) is 11.8. The largest absolute Gasteiger partial charge is 0.359 e. The van der Waals surface area contributed by atoms with E-state index in [1.807, 2.05) is 20.8 Å². The van der Waals surface area contributed by atoms with E-state index in [1.54, 1.807) is 0 Å². The van der Waals surface area contributed by atoms with E-state index in [4.69, 9.17) is 0 Å². The third-order valence-electron chi connectivity index (χ3n) is 2.67. The summed E-state index contributed by atoms with van der Waals surface area (Å²) < 4.78 is 0. The highest BCUT2D eigenvalue weighted by molar-refractivity contribution is 5.52. The van der Waals surface area contributed by atoms with Gasteiger partial charge in [0.15, 0.2) is 0 Å². The Labute approximate surface area is 93.3 Å². The van der Waals surface area contributed by atoms with Gasteiger partial charge >= 0.3 is 0 Å². The molecule has 15 heavy (non-hydrogen) atoms. The molecule has 0 spiro atoms. The molecule has 0 bridgehead atoms. The van der Waals surface area contributed by atoms with E-state index in [0.717, 1.165) is 11.3 Å². The van der Waals surface area contributed by atoms with Gasteiger partial charge in [-0.25, -0.2) is 0 Å². The van der Waals surface area contributed by atoms with Gasteiger partial charge in [0.05, 0.1) is 0 Å². The summed E-state index contributed by atoms with van der Waals surface area (Å²) in [5.41, 5.74) is 6.10. The van der Waals surface area contributed by atoms with Crippen molar-refractivity contribution in [2.75, 3.05) is 0 Å². The molecule has 2 aliphatic rings. The van der Waals surface area contributed by atoms with Crippen LogP contribution in [-0.2, 0) is 0 Å². The molecule has 2 rings (SSSR count). The average molecular weight is 203 g/mol. The van der Waals surface area contributed by atoms with Gasteiger partial charge in [0.25, 0.3) is 0 Å². The van der Waals surface area contributed by atoms with Crippen molar-refractivity contribution in [1.29, 1.82) is 0 Å². The highest BCUT2D eigenvalue weighted by Crippen LogP contribution is 2.33. The number of hydrogen-bond acceptors (Lipinski definition) is 1. The Morgan fingerprint density at radius 2 is 2.00 bits per heavy atom. The quantitative estimate of drug-likeness (QED) is 0.677. The molecule has 1 aliphatic heterocycles. The first-order valence-corrected chi connectivity index (χ1v) is 5.74. The third kappa shape index (κ3) is 2.41. The van der Waals surface area contributed by atoms with Crippen molar-refractivity contribution in [3.8, 4) is 0 Å². The Kier molecular flexibility index (Phi) is 3.96. The normalized spacial score (nSPS) is 18.6. The number of allylic oxidation sites excluding steroid dienone is 4.